The van der Waals surface area contributed by atoms with Crippen molar-refractivity contribution < 1.29 is 0 Å². The molecule has 1 radical (unpaired) electrons. The number of anilines is 1. The SMILES string of the molecule is C[B]N1CCN(c2ccc(C)c3ncccc23)CC1. The molecule has 4 heteroatoms. The number of rotatable bonds is 2. The Hall–Kier alpha value is -1.55. The van der Waals surface area contributed by atoms with Gasteiger partial charge in [0, 0.05) is 43.4 Å². The molecule has 2 aromatic rings. The van der Waals surface area contributed by atoms with Crippen LogP contribution in [-0.2, 0) is 0 Å². The lowest BCUT2D eigenvalue weighted by Gasteiger charge is -2.36. The summed E-state index contributed by atoms with van der Waals surface area (Å²) in [5.74, 6) is 0. The van der Waals surface area contributed by atoms with Gasteiger partial charge in [0.25, 0.3) is 0 Å². The first-order valence-corrected chi connectivity index (χ1v) is 6.92. The van der Waals surface area contributed by atoms with E-state index in [9.17, 15) is 0 Å². The second-order valence-corrected chi connectivity index (χ2v) is 5.08. The van der Waals surface area contributed by atoms with Crippen molar-refractivity contribution in [3.63, 3.8) is 0 Å². The lowest BCUT2D eigenvalue weighted by Crippen LogP contribution is -2.47. The number of fused-ring (bicyclic) bond motifs is 1. The summed E-state index contributed by atoms with van der Waals surface area (Å²) < 4.78 is 0. The summed E-state index contributed by atoms with van der Waals surface area (Å²) in [5, 5.41) is 1.27. The average Bonchev–Trinajstić information content (AvgIpc) is 2.48. The summed E-state index contributed by atoms with van der Waals surface area (Å²) >= 11 is 0. The summed E-state index contributed by atoms with van der Waals surface area (Å²) in [5.41, 5.74) is 3.70. The van der Waals surface area contributed by atoms with Gasteiger partial charge in [0.05, 0.1) is 5.52 Å². The molecular formula is C15H19BN3. The summed E-state index contributed by atoms with van der Waals surface area (Å²) in [4.78, 5) is 9.38. The molecule has 19 heavy (non-hydrogen) atoms. The van der Waals surface area contributed by atoms with Gasteiger partial charge in [-0.15, -0.1) is 0 Å². The quantitative estimate of drug-likeness (QED) is 0.765. The predicted molar refractivity (Wildman–Crippen MR) is 81.9 cm³/mol. The topological polar surface area (TPSA) is 19.4 Å². The fourth-order valence-corrected chi connectivity index (χ4v) is 2.80. The number of hydrogen-bond acceptors (Lipinski definition) is 3. The maximum atomic E-state index is 4.52. The van der Waals surface area contributed by atoms with E-state index >= 15 is 0 Å². The average molecular weight is 252 g/mol. The number of piperazine rings is 1. The van der Waals surface area contributed by atoms with E-state index in [1.54, 1.807) is 0 Å². The van der Waals surface area contributed by atoms with E-state index < -0.39 is 0 Å². The Morgan fingerprint density at radius 1 is 1.11 bits per heavy atom. The fraction of sp³-hybridized carbons (Fsp3) is 0.400. The molecule has 0 saturated carbocycles. The molecule has 0 atom stereocenters. The highest BCUT2D eigenvalue weighted by molar-refractivity contribution is 6.29. The highest BCUT2D eigenvalue weighted by atomic mass is 15.2. The van der Waals surface area contributed by atoms with Crippen molar-refractivity contribution in [1.29, 1.82) is 0 Å². The van der Waals surface area contributed by atoms with Crippen molar-refractivity contribution in [1.82, 2.24) is 9.79 Å². The molecule has 1 aliphatic heterocycles. The summed E-state index contributed by atoms with van der Waals surface area (Å²) in [6.45, 7) is 8.61. The van der Waals surface area contributed by atoms with Crippen LogP contribution in [0.5, 0.6) is 0 Å². The van der Waals surface area contributed by atoms with Crippen LogP contribution in [0.3, 0.4) is 0 Å². The smallest absolute Gasteiger partial charge is 0.205 e. The van der Waals surface area contributed by atoms with E-state index in [0.29, 0.717) is 0 Å². The molecular weight excluding hydrogens is 233 g/mol. The molecule has 0 unspecified atom stereocenters. The van der Waals surface area contributed by atoms with Crippen LogP contribution in [0.25, 0.3) is 10.9 Å². The summed E-state index contributed by atoms with van der Waals surface area (Å²) in [7, 11) is 2.19. The number of aryl methyl sites for hydroxylation is 1. The maximum absolute atomic E-state index is 4.52. The lowest BCUT2D eigenvalue weighted by atomic mass is 9.94. The van der Waals surface area contributed by atoms with E-state index in [-0.39, 0.29) is 0 Å². The van der Waals surface area contributed by atoms with Gasteiger partial charge in [-0.25, -0.2) is 0 Å². The van der Waals surface area contributed by atoms with Crippen LogP contribution in [0.4, 0.5) is 5.69 Å². The van der Waals surface area contributed by atoms with E-state index in [1.165, 1.54) is 16.6 Å². The Bertz CT molecular complexity index is 577. The van der Waals surface area contributed by atoms with Gasteiger partial charge in [0.2, 0.25) is 7.41 Å². The van der Waals surface area contributed by atoms with E-state index in [1.807, 2.05) is 12.3 Å². The van der Waals surface area contributed by atoms with Gasteiger partial charge in [-0.3, -0.25) is 4.98 Å². The number of aromatic nitrogens is 1. The third-order valence-electron chi connectivity index (χ3n) is 3.97. The van der Waals surface area contributed by atoms with Crippen molar-refractivity contribution in [2.75, 3.05) is 31.1 Å². The molecule has 3 nitrogen and oxygen atoms in total. The third-order valence-corrected chi connectivity index (χ3v) is 3.97. The maximum Gasteiger partial charge on any atom is 0.205 e. The first-order valence-electron chi connectivity index (χ1n) is 6.92. The fourth-order valence-electron chi connectivity index (χ4n) is 2.80. The number of hydrogen-bond donors (Lipinski definition) is 0. The molecule has 3 rings (SSSR count). The number of nitrogens with zero attached hydrogens (tertiary/aromatic N) is 3. The second-order valence-electron chi connectivity index (χ2n) is 5.08. The predicted octanol–water partition coefficient (Wildman–Crippen LogP) is 2.33. The monoisotopic (exact) mass is 252 g/mol. The second kappa shape index (κ2) is 5.21. The van der Waals surface area contributed by atoms with Crippen molar-refractivity contribution in [2.45, 2.75) is 13.7 Å². The highest BCUT2D eigenvalue weighted by Crippen LogP contribution is 2.28. The molecule has 97 valence electrons. The van der Waals surface area contributed by atoms with Gasteiger partial charge < -0.3 is 9.71 Å². The van der Waals surface area contributed by atoms with Crippen LogP contribution < -0.4 is 4.90 Å². The molecule has 1 aromatic carbocycles. The van der Waals surface area contributed by atoms with Gasteiger partial charge in [-0.05, 0) is 30.7 Å². The van der Waals surface area contributed by atoms with E-state index in [4.69, 9.17) is 0 Å². The Labute approximate surface area is 115 Å². The minimum absolute atomic E-state index is 1.08. The van der Waals surface area contributed by atoms with Gasteiger partial charge >= 0.3 is 0 Å². The molecule has 1 fully saturated rings. The third kappa shape index (κ3) is 2.33. The highest BCUT2D eigenvalue weighted by Gasteiger charge is 2.18. The Morgan fingerprint density at radius 3 is 2.63 bits per heavy atom. The Balaban J connectivity index is 1.95. The standard InChI is InChI=1S/C15H19BN3/c1-12-5-6-14(13-4-3-7-17-15(12)13)18-8-10-19(16-2)11-9-18/h3-7H,8-11H2,1-2H3. The van der Waals surface area contributed by atoms with Gasteiger partial charge in [-0.2, -0.15) is 0 Å². The molecule has 0 bridgehead atoms. The summed E-state index contributed by atoms with van der Waals surface area (Å²) in [6, 6.07) is 8.64. The molecule has 1 aliphatic rings. The zero-order valence-electron chi connectivity index (χ0n) is 11.6. The van der Waals surface area contributed by atoms with Gasteiger partial charge in [-0.1, -0.05) is 12.9 Å². The molecule has 0 aliphatic carbocycles. The number of benzene rings is 1. The largest absolute Gasteiger partial charge is 0.369 e. The molecule has 0 spiro atoms. The molecule has 1 aromatic heterocycles. The molecule has 1 saturated heterocycles. The van der Waals surface area contributed by atoms with Crippen molar-refractivity contribution in [3.8, 4) is 0 Å². The molecule has 0 amide bonds. The zero-order chi connectivity index (χ0) is 13.2. The molecule has 0 N–H and O–H groups in total. The van der Waals surface area contributed by atoms with Crippen LogP contribution in [0.1, 0.15) is 5.56 Å². The Kier molecular flexibility index (Phi) is 3.43. The van der Waals surface area contributed by atoms with Crippen molar-refractivity contribution in [2.24, 2.45) is 0 Å². The van der Waals surface area contributed by atoms with Gasteiger partial charge in [0.15, 0.2) is 0 Å². The molecule has 2 heterocycles. The lowest BCUT2D eigenvalue weighted by molar-refractivity contribution is 0.408. The van der Waals surface area contributed by atoms with Crippen LogP contribution in [0.2, 0.25) is 6.82 Å². The summed E-state index contributed by atoms with van der Waals surface area (Å²) in [6.07, 6.45) is 1.88. The normalized spacial score (nSPS) is 16.8. The first kappa shape index (κ1) is 12.5. The van der Waals surface area contributed by atoms with Crippen LogP contribution >= 0.6 is 0 Å². The van der Waals surface area contributed by atoms with Crippen LogP contribution in [0.15, 0.2) is 30.5 Å². The van der Waals surface area contributed by atoms with Crippen molar-refractivity contribution in [3.05, 3.63) is 36.0 Å². The van der Waals surface area contributed by atoms with Crippen LogP contribution in [0, 0.1) is 6.92 Å². The van der Waals surface area contributed by atoms with E-state index in [2.05, 4.69) is 54.1 Å². The van der Waals surface area contributed by atoms with Crippen molar-refractivity contribution >= 4 is 24.0 Å². The van der Waals surface area contributed by atoms with Crippen LogP contribution in [-0.4, -0.2) is 43.4 Å². The minimum atomic E-state index is 1.08. The first-order chi connectivity index (χ1) is 9.29. The minimum Gasteiger partial charge on any atom is -0.369 e. The van der Waals surface area contributed by atoms with Gasteiger partial charge in [0.1, 0.15) is 0 Å². The number of pyridine rings is 1. The Morgan fingerprint density at radius 2 is 1.89 bits per heavy atom. The van der Waals surface area contributed by atoms with E-state index in [0.717, 1.165) is 31.7 Å². The zero-order valence-corrected chi connectivity index (χ0v) is 11.6.